The number of nitrogens with one attached hydrogen (secondary N) is 1. The lowest BCUT2D eigenvalue weighted by Crippen LogP contribution is -2.33. The third kappa shape index (κ3) is 3.05. The van der Waals surface area contributed by atoms with Gasteiger partial charge in [0.05, 0.1) is 3.79 Å². The molecule has 1 aliphatic heterocycles. The van der Waals surface area contributed by atoms with Crippen molar-refractivity contribution < 1.29 is 0 Å². The molecule has 19 heavy (non-hydrogen) atoms. The normalized spacial score (nSPS) is 23.5. The summed E-state index contributed by atoms with van der Waals surface area (Å²) in [5.74, 6) is 1.11. The first kappa shape index (κ1) is 13.6. The zero-order valence-corrected chi connectivity index (χ0v) is 13.6. The van der Waals surface area contributed by atoms with E-state index in [1.54, 1.807) is 0 Å². The Morgan fingerprint density at radius 3 is 2.84 bits per heavy atom. The molecule has 1 aromatic heterocycles. The summed E-state index contributed by atoms with van der Waals surface area (Å²) in [6.45, 7) is 2.12. The highest BCUT2D eigenvalue weighted by molar-refractivity contribution is 9.11. The number of rotatable bonds is 2. The van der Waals surface area contributed by atoms with Gasteiger partial charge >= 0.3 is 0 Å². The molecule has 4 heteroatoms. The highest BCUT2D eigenvalue weighted by Gasteiger charge is 2.28. The Morgan fingerprint density at radius 2 is 2.11 bits per heavy atom. The van der Waals surface area contributed by atoms with E-state index in [1.807, 2.05) is 23.5 Å². The van der Waals surface area contributed by atoms with Crippen molar-refractivity contribution in [3.05, 3.63) is 55.6 Å². The molecule has 0 radical (unpaired) electrons. The minimum absolute atomic E-state index is 0.512. The van der Waals surface area contributed by atoms with Gasteiger partial charge in [-0.2, -0.15) is 0 Å². The maximum atomic E-state index is 6.14. The van der Waals surface area contributed by atoms with Crippen LogP contribution in [0.25, 0.3) is 0 Å². The van der Waals surface area contributed by atoms with Crippen LogP contribution in [0.15, 0.2) is 40.2 Å². The summed E-state index contributed by atoms with van der Waals surface area (Å²) in [5.41, 5.74) is 1.34. The van der Waals surface area contributed by atoms with Crippen LogP contribution in [-0.4, -0.2) is 13.1 Å². The molecule has 0 aliphatic carbocycles. The summed E-state index contributed by atoms with van der Waals surface area (Å²) in [6.07, 6.45) is 1.18. The van der Waals surface area contributed by atoms with Crippen molar-refractivity contribution in [2.45, 2.75) is 18.3 Å². The van der Waals surface area contributed by atoms with Crippen LogP contribution >= 0.6 is 38.9 Å². The highest BCUT2D eigenvalue weighted by atomic mass is 79.9. The number of piperidine rings is 1. The molecule has 1 saturated heterocycles. The predicted octanol–water partition coefficient (Wildman–Crippen LogP) is 5.02. The SMILES string of the molecule is Clc1cccc(C2CNCCC2c2ccc(Br)s2)c1. The van der Waals surface area contributed by atoms with Gasteiger partial charge in [0.25, 0.3) is 0 Å². The quantitative estimate of drug-likeness (QED) is 0.796. The second-order valence-corrected chi connectivity index (χ2v) is 7.83. The van der Waals surface area contributed by atoms with Gasteiger partial charge < -0.3 is 5.32 Å². The molecule has 2 atom stereocenters. The fourth-order valence-corrected chi connectivity index (χ4v) is 4.64. The number of halogens is 2. The molecule has 1 fully saturated rings. The van der Waals surface area contributed by atoms with Crippen LogP contribution in [0.1, 0.15) is 28.7 Å². The van der Waals surface area contributed by atoms with Crippen molar-refractivity contribution in [2.24, 2.45) is 0 Å². The Kier molecular flexibility index (Phi) is 4.27. The number of benzene rings is 1. The van der Waals surface area contributed by atoms with E-state index in [1.165, 1.54) is 20.6 Å². The van der Waals surface area contributed by atoms with Crippen molar-refractivity contribution in [1.82, 2.24) is 5.32 Å². The average molecular weight is 357 g/mol. The first-order chi connectivity index (χ1) is 9.24. The zero-order chi connectivity index (χ0) is 13.2. The van der Waals surface area contributed by atoms with Gasteiger partial charge in [-0.15, -0.1) is 11.3 Å². The van der Waals surface area contributed by atoms with E-state index in [-0.39, 0.29) is 0 Å². The van der Waals surface area contributed by atoms with Gasteiger partial charge in [-0.25, -0.2) is 0 Å². The lowest BCUT2D eigenvalue weighted by Gasteiger charge is -2.32. The third-order valence-electron chi connectivity index (χ3n) is 3.72. The van der Waals surface area contributed by atoms with E-state index in [0.717, 1.165) is 18.1 Å². The van der Waals surface area contributed by atoms with Gasteiger partial charge in [-0.1, -0.05) is 23.7 Å². The lowest BCUT2D eigenvalue weighted by atomic mass is 9.80. The Labute approximate surface area is 131 Å². The summed E-state index contributed by atoms with van der Waals surface area (Å²) in [6, 6.07) is 12.7. The van der Waals surface area contributed by atoms with E-state index < -0.39 is 0 Å². The minimum Gasteiger partial charge on any atom is -0.316 e. The van der Waals surface area contributed by atoms with Gasteiger partial charge in [0.1, 0.15) is 0 Å². The molecule has 2 unspecified atom stereocenters. The standard InChI is InChI=1S/C15H15BrClNS/c16-15-5-4-14(19-15)12-6-7-18-9-13(12)10-2-1-3-11(17)8-10/h1-5,8,12-13,18H,6-7,9H2. The fraction of sp³-hybridized carbons (Fsp3) is 0.333. The van der Waals surface area contributed by atoms with Crippen LogP contribution in [0, 0.1) is 0 Å². The Balaban J connectivity index is 1.93. The molecule has 1 aliphatic rings. The molecule has 1 aromatic carbocycles. The van der Waals surface area contributed by atoms with E-state index in [0.29, 0.717) is 11.8 Å². The molecule has 1 nitrogen and oxygen atoms in total. The molecule has 3 rings (SSSR count). The molecule has 0 spiro atoms. The van der Waals surface area contributed by atoms with Gasteiger partial charge in [0.2, 0.25) is 0 Å². The Morgan fingerprint density at radius 1 is 1.21 bits per heavy atom. The third-order valence-corrected chi connectivity index (χ3v) is 5.71. The van der Waals surface area contributed by atoms with E-state index in [9.17, 15) is 0 Å². The van der Waals surface area contributed by atoms with Crippen molar-refractivity contribution in [3.63, 3.8) is 0 Å². The first-order valence-corrected chi connectivity index (χ1v) is 8.44. The largest absolute Gasteiger partial charge is 0.316 e. The molecule has 100 valence electrons. The Hall–Kier alpha value is -0.350. The maximum Gasteiger partial charge on any atom is 0.0701 e. The molecule has 2 aromatic rings. The molecule has 0 saturated carbocycles. The summed E-state index contributed by atoms with van der Waals surface area (Å²) >= 11 is 11.6. The number of thiophene rings is 1. The zero-order valence-electron chi connectivity index (χ0n) is 10.4. The monoisotopic (exact) mass is 355 g/mol. The first-order valence-electron chi connectivity index (χ1n) is 6.45. The molecule has 0 amide bonds. The summed E-state index contributed by atoms with van der Waals surface area (Å²) < 4.78 is 1.21. The van der Waals surface area contributed by atoms with Crippen LogP contribution < -0.4 is 5.32 Å². The second-order valence-electron chi connectivity index (χ2n) is 4.90. The van der Waals surface area contributed by atoms with Crippen molar-refractivity contribution in [1.29, 1.82) is 0 Å². The van der Waals surface area contributed by atoms with Gasteiger partial charge in [0, 0.05) is 28.3 Å². The van der Waals surface area contributed by atoms with Crippen LogP contribution in [-0.2, 0) is 0 Å². The molecule has 1 N–H and O–H groups in total. The fourth-order valence-electron chi connectivity index (χ4n) is 2.81. The Bertz CT molecular complexity index is 569. The maximum absolute atomic E-state index is 6.14. The molecule has 2 heterocycles. The summed E-state index contributed by atoms with van der Waals surface area (Å²) in [4.78, 5) is 1.47. The van der Waals surface area contributed by atoms with Crippen LogP contribution in [0.2, 0.25) is 5.02 Å². The molecular weight excluding hydrogens is 342 g/mol. The number of hydrogen-bond donors (Lipinski definition) is 1. The van der Waals surface area contributed by atoms with Crippen molar-refractivity contribution >= 4 is 38.9 Å². The van der Waals surface area contributed by atoms with Gasteiger partial charge in [-0.3, -0.25) is 0 Å². The second kappa shape index (κ2) is 5.96. The highest BCUT2D eigenvalue weighted by Crippen LogP contribution is 2.41. The van der Waals surface area contributed by atoms with Crippen molar-refractivity contribution in [3.8, 4) is 0 Å². The molecule has 0 bridgehead atoms. The lowest BCUT2D eigenvalue weighted by molar-refractivity contribution is 0.408. The smallest absolute Gasteiger partial charge is 0.0701 e. The van der Waals surface area contributed by atoms with E-state index in [2.05, 4.69) is 45.5 Å². The average Bonchev–Trinajstić information content (AvgIpc) is 2.85. The van der Waals surface area contributed by atoms with Gasteiger partial charge in [-0.05, 0) is 58.7 Å². The van der Waals surface area contributed by atoms with Crippen LogP contribution in [0.5, 0.6) is 0 Å². The van der Waals surface area contributed by atoms with Crippen LogP contribution in [0.3, 0.4) is 0 Å². The topological polar surface area (TPSA) is 12.0 Å². The number of hydrogen-bond acceptors (Lipinski definition) is 2. The summed E-state index contributed by atoms with van der Waals surface area (Å²) in [5, 5.41) is 4.34. The van der Waals surface area contributed by atoms with E-state index >= 15 is 0 Å². The van der Waals surface area contributed by atoms with Crippen LogP contribution in [0.4, 0.5) is 0 Å². The predicted molar refractivity (Wildman–Crippen MR) is 86.4 cm³/mol. The molecular formula is C15H15BrClNS. The minimum atomic E-state index is 0.512. The van der Waals surface area contributed by atoms with Crippen molar-refractivity contribution in [2.75, 3.05) is 13.1 Å². The van der Waals surface area contributed by atoms with Gasteiger partial charge in [0.15, 0.2) is 0 Å². The van der Waals surface area contributed by atoms with E-state index in [4.69, 9.17) is 11.6 Å². The summed E-state index contributed by atoms with van der Waals surface area (Å²) in [7, 11) is 0.